The van der Waals surface area contributed by atoms with Crippen LogP contribution in [-0.4, -0.2) is 21.5 Å². The number of hydrogen-bond donors (Lipinski definition) is 1. The standard InChI is InChI=1S/C10H10BrFN4/c11-8-5-7(1-2-9(8)12)10-6-16(4-3-13)15-14-10/h1-2,5-6H,3-4,13H2. The Kier molecular flexibility index (Phi) is 3.31. The third kappa shape index (κ3) is 2.28. The van der Waals surface area contributed by atoms with Crippen molar-refractivity contribution in [3.63, 3.8) is 0 Å². The second kappa shape index (κ2) is 4.71. The summed E-state index contributed by atoms with van der Waals surface area (Å²) < 4.78 is 15.1. The lowest BCUT2D eigenvalue weighted by atomic mass is 10.2. The first-order chi connectivity index (χ1) is 7.70. The van der Waals surface area contributed by atoms with Crippen LogP contribution in [0.5, 0.6) is 0 Å². The lowest BCUT2D eigenvalue weighted by molar-refractivity contribution is 0.598. The van der Waals surface area contributed by atoms with Crippen LogP contribution in [0.4, 0.5) is 4.39 Å². The van der Waals surface area contributed by atoms with E-state index in [1.165, 1.54) is 6.07 Å². The molecule has 0 atom stereocenters. The molecular weight excluding hydrogens is 275 g/mol. The molecular formula is C10H10BrFN4. The van der Waals surface area contributed by atoms with Crippen molar-refractivity contribution in [1.82, 2.24) is 15.0 Å². The molecule has 0 bridgehead atoms. The van der Waals surface area contributed by atoms with E-state index in [-0.39, 0.29) is 5.82 Å². The van der Waals surface area contributed by atoms with E-state index in [4.69, 9.17) is 5.73 Å². The monoisotopic (exact) mass is 284 g/mol. The van der Waals surface area contributed by atoms with Gasteiger partial charge in [-0.1, -0.05) is 5.21 Å². The number of rotatable bonds is 3. The Hall–Kier alpha value is -1.27. The van der Waals surface area contributed by atoms with E-state index in [0.717, 1.165) is 5.56 Å². The minimum Gasteiger partial charge on any atom is -0.329 e. The molecule has 0 radical (unpaired) electrons. The van der Waals surface area contributed by atoms with E-state index >= 15 is 0 Å². The van der Waals surface area contributed by atoms with Crippen molar-refractivity contribution in [1.29, 1.82) is 0 Å². The topological polar surface area (TPSA) is 56.7 Å². The third-order valence-electron chi connectivity index (χ3n) is 2.11. The zero-order chi connectivity index (χ0) is 11.5. The van der Waals surface area contributed by atoms with Crippen LogP contribution in [0.2, 0.25) is 0 Å². The minimum absolute atomic E-state index is 0.293. The maximum Gasteiger partial charge on any atom is 0.137 e. The second-order valence-electron chi connectivity index (χ2n) is 3.28. The smallest absolute Gasteiger partial charge is 0.137 e. The molecule has 1 aromatic carbocycles. The normalized spacial score (nSPS) is 10.7. The lowest BCUT2D eigenvalue weighted by Gasteiger charge is -1.98. The van der Waals surface area contributed by atoms with Crippen molar-refractivity contribution in [2.75, 3.05) is 6.54 Å². The van der Waals surface area contributed by atoms with Crippen LogP contribution in [-0.2, 0) is 6.54 Å². The van der Waals surface area contributed by atoms with Crippen LogP contribution in [0.1, 0.15) is 0 Å². The molecule has 0 amide bonds. The van der Waals surface area contributed by atoms with Gasteiger partial charge in [-0.05, 0) is 34.1 Å². The van der Waals surface area contributed by atoms with Crippen LogP contribution in [0, 0.1) is 5.82 Å². The highest BCUT2D eigenvalue weighted by atomic mass is 79.9. The minimum atomic E-state index is -0.293. The molecule has 6 heteroatoms. The number of halogens is 2. The molecule has 1 aromatic heterocycles. The van der Waals surface area contributed by atoms with Crippen molar-refractivity contribution in [3.8, 4) is 11.3 Å². The summed E-state index contributed by atoms with van der Waals surface area (Å²) >= 11 is 3.13. The number of nitrogens with two attached hydrogens (primary N) is 1. The van der Waals surface area contributed by atoms with Gasteiger partial charge in [0.1, 0.15) is 11.5 Å². The van der Waals surface area contributed by atoms with Gasteiger partial charge < -0.3 is 5.73 Å². The van der Waals surface area contributed by atoms with Crippen molar-refractivity contribution < 1.29 is 4.39 Å². The molecule has 2 rings (SSSR count). The average Bonchev–Trinajstić information content (AvgIpc) is 2.71. The SMILES string of the molecule is NCCn1cc(-c2ccc(F)c(Br)c2)nn1. The fraction of sp³-hybridized carbons (Fsp3) is 0.200. The Labute approximate surface area is 100 Å². The number of aromatic nitrogens is 3. The van der Waals surface area contributed by atoms with Crippen molar-refractivity contribution in [2.45, 2.75) is 6.54 Å². The predicted molar refractivity (Wildman–Crippen MR) is 62.2 cm³/mol. The molecule has 0 aliphatic carbocycles. The Balaban J connectivity index is 2.31. The molecule has 0 aliphatic heterocycles. The molecule has 0 unspecified atom stereocenters. The van der Waals surface area contributed by atoms with Gasteiger partial charge in [-0.3, -0.25) is 4.68 Å². The molecule has 2 aromatic rings. The van der Waals surface area contributed by atoms with Crippen LogP contribution in [0.3, 0.4) is 0 Å². The van der Waals surface area contributed by atoms with E-state index in [1.807, 2.05) is 0 Å². The predicted octanol–water partition coefficient (Wildman–Crippen LogP) is 1.81. The van der Waals surface area contributed by atoms with E-state index in [0.29, 0.717) is 23.3 Å². The molecule has 4 nitrogen and oxygen atoms in total. The molecule has 16 heavy (non-hydrogen) atoms. The van der Waals surface area contributed by atoms with Crippen molar-refractivity contribution in [2.24, 2.45) is 5.73 Å². The summed E-state index contributed by atoms with van der Waals surface area (Å²) in [6.07, 6.45) is 1.78. The average molecular weight is 285 g/mol. The highest BCUT2D eigenvalue weighted by molar-refractivity contribution is 9.10. The first-order valence-corrected chi connectivity index (χ1v) is 5.55. The number of hydrogen-bond acceptors (Lipinski definition) is 3. The van der Waals surface area contributed by atoms with Crippen LogP contribution < -0.4 is 5.73 Å². The fourth-order valence-electron chi connectivity index (χ4n) is 1.33. The van der Waals surface area contributed by atoms with Gasteiger partial charge in [0.25, 0.3) is 0 Å². The largest absolute Gasteiger partial charge is 0.329 e. The van der Waals surface area contributed by atoms with Gasteiger partial charge in [-0.15, -0.1) is 5.10 Å². The summed E-state index contributed by atoms with van der Waals surface area (Å²) in [4.78, 5) is 0. The Morgan fingerprint density at radius 3 is 2.94 bits per heavy atom. The molecule has 0 saturated heterocycles. The maximum absolute atomic E-state index is 13.0. The van der Waals surface area contributed by atoms with Gasteiger partial charge in [0.2, 0.25) is 0 Å². The first-order valence-electron chi connectivity index (χ1n) is 4.76. The quantitative estimate of drug-likeness (QED) is 0.935. The van der Waals surface area contributed by atoms with Crippen LogP contribution in [0.15, 0.2) is 28.9 Å². The summed E-state index contributed by atoms with van der Waals surface area (Å²) in [5.41, 5.74) is 6.93. The summed E-state index contributed by atoms with van der Waals surface area (Å²) in [5, 5.41) is 7.90. The first kappa shape index (κ1) is 11.2. The van der Waals surface area contributed by atoms with Gasteiger partial charge in [0.05, 0.1) is 17.2 Å². The number of nitrogens with zero attached hydrogens (tertiary/aromatic N) is 3. The molecule has 0 fully saturated rings. The summed E-state index contributed by atoms with van der Waals surface area (Å²) in [6.45, 7) is 1.13. The molecule has 0 spiro atoms. The highest BCUT2D eigenvalue weighted by Crippen LogP contribution is 2.23. The molecule has 0 aliphatic rings. The molecule has 1 heterocycles. The molecule has 84 valence electrons. The van der Waals surface area contributed by atoms with Gasteiger partial charge >= 0.3 is 0 Å². The third-order valence-corrected chi connectivity index (χ3v) is 2.72. The van der Waals surface area contributed by atoms with E-state index < -0.39 is 0 Å². The highest BCUT2D eigenvalue weighted by Gasteiger charge is 2.06. The fourth-order valence-corrected chi connectivity index (χ4v) is 1.71. The van der Waals surface area contributed by atoms with Crippen LogP contribution >= 0.6 is 15.9 Å². The van der Waals surface area contributed by atoms with Gasteiger partial charge in [0.15, 0.2) is 0 Å². The Bertz CT molecular complexity index is 497. The zero-order valence-electron chi connectivity index (χ0n) is 8.40. The molecule has 2 N–H and O–H groups in total. The van der Waals surface area contributed by atoms with E-state index in [2.05, 4.69) is 26.2 Å². The Morgan fingerprint density at radius 2 is 2.25 bits per heavy atom. The van der Waals surface area contributed by atoms with Crippen LogP contribution in [0.25, 0.3) is 11.3 Å². The number of benzene rings is 1. The Morgan fingerprint density at radius 1 is 1.44 bits per heavy atom. The van der Waals surface area contributed by atoms with Gasteiger partial charge in [-0.2, -0.15) is 0 Å². The van der Waals surface area contributed by atoms with Crippen molar-refractivity contribution >= 4 is 15.9 Å². The van der Waals surface area contributed by atoms with Gasteiger partial charge in [-0.25, -0.2) is 4.39 Å². The summed E-state index contributed by atoms with van der Waals surface area (Å²) in [7, 11) is 0. The van der Waals surface area contributed by atoms with Crippen molar-refractivity contribution in [3.05, 3.63) is 34.7 Å². The van der Waals surface area contributed by atoms with E-state index in [9.17, 15) is 4.39 Å². The summed E-state index contributed by atoms with van der Waals surface area (Å²) in [5.74, 6) is -0.293. The maximum atomic E-state index is 13.0. The second-order valence-corrected chi connectivity index (χ2v) is 4.14. The van der Waals surface area contributed by atoms with Gasteiger partial charge in [0, 0.05) is 12.1 Å². The zero-order valence-corrected chi connectivity index (χ0v) is 9.98. The lowest BCUT2D eigenvalue weighted by Crippen LogP contribution is -2.10. The summed E-state index contributed by atoms with van der Waals surface area (Å²) in [6, 6.07) is 4.73. The molecule has 0 saturated carbocycles. The van der Waals surface area contributed by atoms with E-state index in [1.54, 1.807) is 23.0 Å².